The van der Waals surface area contributed by atoms with E-state index in [4.69, 9.17) is 9.84 Å². The first-order valence-corrected chi connectivity index (χ1v) is 8.48. The summed E-state index contributed by atoms with van der Waals surface area (Å²) in [7, 11) is 0. The lowest BCUT2D eigenvalue weighted by Gasteiger charge is -2.44. The van der Waals surface area contributed by atoms with E-state index >= 15 is 0 Å². The fourth-order valence-corrected chi connectivity index (χ4v) is 3.76. The van der Waals surface area contributed by atoms with Crippen LogP contribution in [0.2, 0.25) is 0 Å². The predicted octanol–water partition coefficient (Wildman–Crippen LogP) is 2.49. The van der Waals surface area contributed by atoms with E-state index in [1.165, 1.54) is 0 Å². The largest absolute Gasteiger partial charge is 0.478 e. The quantitative estimate of drug-likeness (QED) is 0.868. The van der Waals surface area contributed by atoms with Gasteiger partial charge in [-0.15, -0.1) is 0 Å². The summed E-state index contributed by atoms with van der Waals surface area (Å²) < 4.78 is 5.63. The first-order valence-electron chi connectivity index (χ1n) is 8.48. The van der Waals surface area contributed by atoms with E-state index in [0.717, 1.165) is 44.5 Å². The fraction of sp³-hybridized carbons (Fsp3) is 0.556. The maximum absolute atomic E-state index is 12.3. The molecule has 24 heavy (non-hydrogen) atoms. The lowest BCUT2D eigenvalue weighted by molar-refractivity contribution is -0.0704. The van der Waals surface area contributed by atoms with Gasteiger partial charge >= 0.3 is 12.0 Å². The molecule has 130 valence electrons. The number of carboxylic acid groups (broad SMARTS) is 1. The van der Waals surface area contributed by atoms with Gasteiger partial charge < -0.3 is 20.1 Å². The maximum Gasteiger partial charge on any atom is 0.335 e. The third kappa shape index (κ3) is 3.53. The Kier molecular flexibility index (Phi) is 4.76. The van der Waals surface area contributed by atoms with E-state index in [9.17, 15) is 9.59 Å². The van der Waals surface area contributed by atoms with Crippen molar-refractivity contribution >= 4 is 12.0 Å². The van der Waals surface area contributed by atoms with Gasteiger partial charge in [0, 0.05) is 26.2 Å². The molecule has 2 fully saturated rings. The van der Waals surface area contributed by atoms with Gasteiger partial charge in [-0.1, -0.05) is 12.1 Å². The summed E-state index contributed by atoms with van der Waals surface area (Å²) in [5, 5.41) is 11.8. The molecule has 2 amide bonds. The Hall–Kier alpha value is -2.08. The molecule has 1 aliphatic heterocycles. The maximum atomic E-state index is 12.3. The van der Waals surface area contributed by atoms with Crippen LogP contribution in [0.25, 0.3) is 0 Å². The Bertz CT molecular complexity index is 608. The average Bonchev–Trinajstić information content (AvgIpc) is 2.98. The molecular formula is C18H24N2O4. The molecule has 6 nitrogen and oxygen atoms in total. The minimum absolute atomic E-state index is 0.0472. The van der Waals surface area contributed by atoms with Crippen LogP contribution >= 0.6 is 0 Å². The Morgan fingerprint density at radius 3 is 2.67 bits per heavy atom. The smallest absolute Gasteiger partial charge is 0.335 e. The zero-order valence-electron chi connectivity index (χ0n) is 14.0. The molecule has 2 aliphatic rings. The van der Waals surface area contributed by atoms with Crippen LogP contribution in [-0.4, -0.2) is 47.8 Å². The van der Waals surface area contributed by atoms with Crippen molar-refractivity contribution in [2.75, 3.05) is 19.7 Å². The molecule has 1 aliphatic carbocycles. The lowest BCUT2D eigenvalue weighted by Crippen LogP contribution is -2.46. The molecule has 0 radical (unpaired) electrons. The molecule has 0 atom stereocenters. The lowest BCUT2D eigenvalue weighted by atomic mass is 9.66. The van der Waals surface area contributed by atoms with Crippen LogP contribution in [0.1, 0.15) is 42.1 Å². The second-order valence-electron chi connectivity index (χ2n) is 6.82. The van der Waals surface area contributed by atoms with Gasteiger partial charge in [0.05, 0.1) is 11.7 Å². The first kappa shape index (κ1) is 16.8. The van der Waals surface area contributed by atoms with Crippen molar-refractivity contribution in [1.29, 1.82) is 0 Å². The van der Waals surface area contributed by atoms with Crippen LogP contribution in [0.4, 0.5) is 4.79 Å². The molecule has 2 N–H and O–H groups in total. The third-order valence-corrected chi connectivity index (χ3v) is 5.09. The molecule has 1 spiro atoms. The van der Waals surface area contributed by atoms with Gasteiger partial charge in [-0.2, -0.15) is 0 Å². The third-order valence-electron chi connectivity index (χ3n) is 5.09. The number of ether oxygens (including phenoxy) is 1. The van der Waals surface area contributed by atoms with E-state index in [-0.39, 0.29) is 17.0 Å². The number of carbonyl (C=O) groups is 2. The van der Waals surface area contributed by atoms with Crippen LogP contribution in [0.5, 0.6) is 0 Å². The van der Waals surface area contributed by atoms with Gasteiger partial charge in [-0.3, -0.25) is 0 Å². The highest BCUT2D eigenvalue weighted by atomic mass is 16.5. The number of nitrogens with zero attached hydrogens (tertiary/aromatic N) is 1. The number of rotatable bonds is 5. The molecule has 0 aromatic heterocycles. The second kappa shape index (κ2) is 6.81. The SMILES string of the molecule is CCOC1CC2(CCN(C(=O)NCc3ccc(C(=O)O)cc3)C2)C1. The molecule has 1 saturated carbocycles. The van der Waals surface area contributed by atoms with Gasteiger partial charge in [0.25, 0.3) is 0 Å². The Balaban J connectivity index is 1.45. The summed E-state index contributed by atoms with van der Waals surface area (Å²) in [6, 6.07) is 6.52. The Labute approximate surface area is 141 Å². The molecule has 1 aromatic carbocycles. The summed E-state index contributed by atoms with van der Waals surface area (Å²) in [4.78, 5) is 25.0. The topological polar surface area (TPSA) is 78.9 Å². The average molecular weight is 332 g/mol. The number of likely N-dealkylation sites (tertiary alicyclic amines) is 1. The van der Waals surface area contributed by atoms with Crippen LogP contribution in [0.3, 0.4) is 0 Å². The molecule has 0 unspecified atom stereocenters. The van der Waals surface area contributed by atoms with Crippen LogP contribution < -0.4 is 5.32 Å². The van der Waals surface area contributed by atoms with E-state index in [1.807, 2.05) is 11.8 Å². The van der Waals surface area contributed by atoms with Crippen LogP contribution in [0, 0.1) is 5.41 Å². The first-order chi connectivity index (χ1) is 11.5. The number of aromatic carboxylic acids is 1. The Morgan fingerprint density at radius 1 is 1.33 bits per heavy atom. The van der Waals surface area contributed by atoms with Gasteiger partial charge in [0.15, 0.2) is 0 Å². The predicted molar refractivity (Wildman–Crippen MR) is 88.9 cm³/mol. The second-order valence-corrected chi connectivity index (χ2v) is 6.82. The molecule has 1 heterocycles. The zero-order valence-corrected chi connectivity index (χ0v) is 14.0. The van der Waals surface area contributed by atoms with E-state index in [2.05, 4.69) is 5.32 Å². The van der Waals surface area contributed by atoms with Gasteiger partial charge in [0.2, 0.25) is 0 Å². The van der Waals surface area contributed by atoms with E-state index in [1.54, 1.807) is 24.3 Å². The van der Waals surface area contributed by atoms with Gasteiger partial charge in [-0.25, -0.2) is 9.59 Å². The summed E-state index contributed by atoms with van der Waals surface area (Å²) in [5.74, 6) is -0.946. The highest BCUT2D eigenvalue weighted by Gasteiger charge is 2.49. The van der Waals surface area contributed by atoms with Gasteiger partial charge in [-0.05, 0) is 49.3 Å². The molecule has 1 saturated heterocycles. The van der Waals surface area contributed by atoms with Crippen molar-refractivity contribution in [3.63, 3.8) is 0 Å². The number of benzene rings is 1. The fourth-order valence-electron chi connectivity index (χ4n) is 3.76. The number of carboxylic acids is 1. The van der Waals surface area contributed by atoms with Crippen molar-refractivity contribution in [3.8, 4) is 0 Å². The number of urea groups is 1. The minimum Gasteiger partial charge on any atom is -0.478 e. The monoisotopic (exact) mass is 332 g/mol. The number of amides is 2. The van der Waals surface area contributed by atoms with Crippen molar-refractivity contribution < 1.29 is 19.4 Å². The highest BCUT2D eigenvalue weighted by molar-refractivity contribution is 5.87. The van der Waals surface area contributed by atoms with Crippen LogP contribution in [-0.2, 0) is 11.3 Å². The standard InChI is InChI=1S/C18H24N2O4/c1-2-24-15-9-18(10-15)7-8-20(12-18)17(23)19-11-13-3-5-14(6-4-13)16(21)22/h3-6,15H,2,7-12H2,1H3,(H,19,23)(H,21,22). The van der Waals surface area contributed by atoms with Crippen molar-refractivity contribution in [1.82, 2.24) is 10.2 Å². The summed E-state index contributed by atoms with van der Waals surface area (Å²) in [5.41, 5.74) is 1.41. The number of nitrogens with one attached hydrogen (secondary N) is 1. The van der Waals surface area contributed by atoms with Crippen molar-refractivity contribution in [2.24, 2.45) is 5.41 Å². The summed E-state index contributed by atoms with van der Waals surface area (Å²) in [6.45, 7) is 4.78. The number of hydrogen-bond acceptors (Lipinski definition) is 3. The molecular weight excluding hydrogens is 308 g/mol. The van der Waals surface area contributed by atoms with E-state index in [0.29, 0.717) is 12.6 Å². The number of carbonyl (C=O) groups excluding carboxylic acids is 1. The minimum atomic E-state index is -0.946. The molecule has 6 heteroatoms. The summed E-state index contributed by atoms with van der Waals surface area (Å²) in [6.07, 6.45) is 3.53. The van der Waals surface area contributed by atoms with E-state index < -0.39 is 5.97 Å². The van der Waals surface area contributed by atoms with Crippen LogP contribution in [0.15, 0.2) is 24.3 Å². The highest BCUT2D eigenvalue weighted by Crippen LogP contribution is 2.49. The molecule has 0 bridgehead atoms. The normalized spacial score (nSPS) is 25.5. The van der Waals surface area contributed by atoms with Crippen molar-refractivity contribution in [3.05, 3.63) is 35.4 Å². The van der Waals surface area contributed by atoms with Gasteiger partial charge in [0.1, 0.15) is 0 Å². The molecule has 3 rings (SSSR count). The zero-order chi connectivity index (χ0) is 17.2. The number of hydrogen-bond donors (Lipinski definition) is 2. The van der Waals surface area contributed by atoms with Crippen molar-refractivity contribution in [2.45, 2.75) is 38.8 Å². The Morgan fingerprint density at radius 2 is 2.04 bits per heavy atom. The molecule has 1 aromatic rings. The summed E-state index contributed by atoms with van der Waals surface area (Å²) >= 11 is 0.